The van der Waals surface area contributed by atoms with Crippen molar-refractivity contribution in [3.63, 3.8) is 0 Å². The van der Waals surface area contributed by atoms with Gasteiger partial charge in [0.2, 0.25) is 5.91 Å². The number of carboxylic acids is 1. The number of nitrogens with one attached hydrogen (secondary N) is 1. The second-order valence-corrected chi connectivity index (χ2v) is 5.22. The summed E-state index contributed by atoms with van der Waals surface area (Å²) < 4.78 is 5.25. The minimum Gasteiger partial charge on any atom is -0.493 e. The highest BCUT2D eigenvalue weighted by Gasteiger charge is 2.20. The monoisotopic (exact) mass is 265 g/mol. The number of carbonyl (C=O) groups is 2. The normalized spacial score (nSPS) is 10.9. The van der Waals surface area contributed by atoms with E-state index in [1.54, 1.807) is 24.3 Å². The van der Waals surface area contributed by atoms with Crippen LogP contribution in [0.15, 0.2) is 24.3 Å². The molecule has 104 valence electrons. The third kappa shape index (κ3) is 5.42. The van der Waals surface area contributed by atoms with E-state index in [4.69, 9.17) is 9.84 Å². The van der Waals surface area contributed by atoms with E-state index in [1.807, 2.05) is 20.8 Å². The van der Waals surface area contributed by atoms with Crippen LogP contribution in [0.5, 0.6) is 5.75 Å². The molecule has 0 radical (unpaired) electrons. The predicted molar refractivity (Wildman–Crippen MR) is 72.3 cm³/mol. The van der Waals surface area contributed by atoms with E-state index in [2.05, 4.69) is 5.32 Å². The number of amides is 1. The van der Waals surface area contributed by atoms with Crippen molar-refractivity contribution < 1.29 is 19.4 Å². The lowest BCUT2D eigenvalue weighted by atomic mass is 9.95. The van der Waals surface area contributed by atoms with Crippen molar-refractivity contribution >= 4 is 17.6 Å². The van der Waals surface area contributed by atoms with Crippen LogP contribution in [0.1, 0.15) is 27.2 Å². The standard InChI is InChI=1S/C14H19NO4/c1-14(2,3)13(18)15-10-4-6-11(7-5-10)19-9-8-12(16)17/h4-7H,8-9H2,1-3H3,(H,15,18)(H,16,17). The van der Waals surface area contributed by atoms with E-state index in [1.165, 1.54) is 0 Å². The van der Waals surface area contributed by atoms with E-state index < -0.39 is 11.4 Å². The van der Waals surface area contributed by atoms with Gasteiger partial charge in [0, 0.05) is 11.1 Å². The van der Waals surface area contributed by atoms with Gasteiger partial charge in [-0.3, -0.25) is 9.59 Å². The van der Waals surface area contributed by atoms with Gasteiger partial charge in [0.1, 0.15) is 5.75 Å². The average Bonchev–Trinajstić information content (AvgIpc) is 2.29. The Labute approximate surface area is 112 Å². The fourth-order valence-electron chi connectivity index (χ4n) is 1.21. The van der Waals surface area contributed by atoms with E-state index in [0.29, 0.717) is 11.4 Å². The van der Waals surface area contributed by atoms with Crippen LogP contribution >= 0.6 is 0 Å². The molecule has 1 amide bonds. The molecule has 19 heavy (non-hydrogen) atoms. The number of carboxylic acid groups (broad SMARTS) is 1. The summed E-state index contributed by atoms with van der Waals surface area (Å²) in [4.78, 5) is 22.1. The number of anilines is 1. The van der Waals surface area contributed by atoms with Crippen LogP contribution in [-0.4, -0.2) is 23.6 Å². The molecule has 5 heteroatoms. The summed E-state index contributed by atoms with van der Waals surface area (Å²) in [7, 11) is 0. The summed E-state index contributed by atoms with van der Waals surface area (Å²) in [6.07, 6.45) is -0.0392. The van der Waals surface area contributed by atoms with Crippen molar-refractivity contribution in [1.82, 2.24) is 0 Å². The molecule has 5 nitrogen and oxygen atoms in total. The van der Waals surface area contributed by atoms with Gasteiger partial charge in [-0.25, -0.2) is 0 Å². The first-order valence-corrected chi connectivity index (χ1v) is 6.05. The molecule has 0 aromatic heterocycles. The van der Waals surface area contributed by atoms with Crippen molar-refractivity contribution in [2.75, 3.05) is 11.9 Å². The van der Waals surface area contributed by atoms with Gasteiger partial charge in [0.25, 0.3) is 0 Å². The minimum atomic E-state index is -0.894. The topological polar surface area (TPSA) is 75.6 Å². The van der Waals surface area contributed by atoms with Crippen molar-refractivity contribution in [1.29, 1.82) is 0 Å². The Morgan fingerprint density at radius 1 is 1.21 bits per heavy atom. The maximum Gasteiger partial charge on any atom is 0.306 e. The van der Waals surface area contributed by atoms with Crippen molar-refractivity contribution in [2.24, 2.45) is 5.41 Å². The first kappa shape index (κ1) is 15.0. The molecule has 0 fully saturated rings. The largest absolute Gasteiger partial charge is 0.493 e. The summed E-state index contributed by atoms with van der Waals surface area (Å²) >= 11 is 0. The summed E-state index contributed by atoms with van der Waals surface area (Å²) in [6.45, 7) is 5.65. The lowest BCUT2D eigenvalue weighted by molar-refractivity contribution is -0.137. The summed E-state index contributed by atoms with van der Waals surface area (Å²) in [5.74, 6) is -0.379. The SMILES string of the molecule is CC(C)(C)C(=O)Nc1ccc(OCCC(=O)O)cc1. The van der Waals surface area contributed by atoms with Gasteiger partial charge in [0.05, 0.1) is 13.0 Å². The Kier molecular flexibility index (Phi) is 4.92. The molecular formula is C14H19NO4. The summed E-state index contributed by atoms with van der Waals surface area (Å²) in [5, 5.41) is 11.3. The fraction of sp³-hybridized carbons (Fsp3) is 0.429. The average molecular weight is 265 g/mol. The Bertz CT molecular complexity index is 446. The number of aliphatic carboxylic acids is 1. The van der Waals surface area contributed by atoms with Crippen LogP contribution in [0.4, 0.5) is 5.69 Å². The van der Waals surface area contributed by atoms with E-state index in [9.17, 15) is 9.59 Å². The van der Waals surface area contributed by atoms with E-state index >= 15 is 0 Å². The maximum atomic E-state index is 11.8. The Morgan fingerprint density at radius 3 is 2.26 bits per heavy atom. The first-order chi connectivity index (χ1) is 8.79. The van der Waals surface area contributed by atoms with Gasteiger partial charge in [-0.05, 0) is 24.3 Å². The predicted octanol–water partition coefficient (Wildman–Crippen LogP) is 2.52. The quantitative estimate of drug-likeness (QED) is 0.857. The zero-order valence-electron chi connectivity index (χ0n) is 11.4. The molecular weight excluding hydrogens is 246 g/mol. The van der Waals surface area contributed by atoms with E-state index in [-0.39, 0.29) is 18.9 Å². The molecule has 0 aliphatic rings. The zero-order valence-corrected chi connectivity index (χ0v) is 11.4. The minimum absolute atomic E-state index is 0.0392. The molecule has 0 spiro atoms. The number of hydrogen-bond donors (Lipinski definition) is 2. The van der Waals surface area contributed by atoms with Crippen molar-refractivity contribution in [2.45, 2.75) is 27.2 Å². The molecule has 0 aliphatic heterocycles. The Hall–Kier alpha value is -2.04. The summed E-state index contributed by atoms with van der Waals surface area (Å²) in [6, 6.07) is 6.83. The van der Waals surface area contributed by atoms with Crippen LogP contribution in [-0.2, 0) is 9.59 Å². The number of benzene rings is 1. The molecule has 0 saturated heterocycles. The van der Waals surface area contributed by atoms with Crippen molar-refractivity contribution in [3.8, 4) is 5.75 Å². The lowest BCUT2D eigenvalue weighted by Gasteiger charge is -2.17. The van der Waals surface area contributed by atoms with Crippen LogP contribution in [0, 0.1) is 5.41 Å². The highest BCUT2D eigenvalue weighted by Crippen LogP contribution is 2.19. The molecule has 1 aromatic rings. The number of ether oxygens (including phenoxy) is 1. The fourth-order valence-corrected chi connectivity index (χ4v) is 1.21. The number of hydrogen-bond acceptors (Lipinski definition) is 3. The first-order valence-electron chi connectivity index (χ1n) is 6.05. The van der Waals surface area contributed by atoms with Gasteiger partial charge >= 0.3 is 5.97 Å². The van der Waals surface area contributed by atoms with Gasteiger partial charge in [-0.2, -0.15) is 0 Å². The Balaban J connectivity index is 2.52. The molecule has 0 atom stereocenters. The lowest BCUT2D eigenvalue weighted by Crippen LogP contribution is -2.27. The van der Waals surface area contributed by atoms with Crippen molar-refractivity contribution in [3.05, 3.63) is 24.3 Å². The van der Waals surface area contributed by atoms with Gasteiger partial charge in [-0.1, -0.05) is 20.8 Å². The number of rotatable bonds is 5. The van der Waals surface area contributed by atoms with Crippen LogP contribution in [0.25, 0.3) is 0 Å². The van der Waals surface area contributed by atoms with Gasteiger partial charge in [0.15, 0.2) is 0 Å². The third-order valence-electron chi connectivity index (χ3n) is 2.38. The molecule has 0 unspecified atom stereocenters. The zero-order chi connectivity index (χ0) is 14.5. The summed E-state index contributed by atoms with van der Waals surface area (Å²) in [5.41, 5.74) is 0.238. The maximum absolute atomic E-state index is 11.8. The third-order valence-corrected chi connectivity index (χ3v) is 2.38. The second-order valence-electron chi connectivity index (χ2n) is 5.22. The number of carbonyl (C=O) groups excluding carboxylic acids is 1. The Morgan fingerprint density at radius 2 is 1.79 bits per heavy atom. The van der Waals surface area contributed by atoms with Gasteiger partial charge < -0.3 is 15.2 Å². The molecule has 1 aromatic carbocycles. The van der Waals surface area contributed by atoms with Crippen LogP contribution in [0.2, 0.25) is 0 Å². The van der Waals surface area contributed by atoms with E-state index in [0.717, 1.165) is 0 Å². The molecule has 0 heterocycles. The second kappa shape index (κ2) is 6.22. The molecule has 0 bridgehead atoms. The molecule has 0 saturated carbocycles. The van der Waals surface area contributed by atoms with Crippen LogP contribution < -0.4 is 10.1 Å². The molecule has 2 N–H and O–H groups in total. The molecule has 1 rings (SSSR count). The molecule has 0 aliphatic carbocycles. The van der Waals surface area contributed by atoms with Crippen LogP contribution in [0.3, 0.4) is 0 Å². The highest BCUT2D eigenvalue weighted by atomic mass is 16.5. The smallest absolute Gasteiger partial charge is 0.306 e. The highest BCUT2D eigenvalue weighted by molar-refractivity contribution is 5.94. The van der Waals surface area contributed by atoms with Gasteiger partial charge in [-0.15, -0.1) is 0 Å².